The van der Waals surface area contributed by atoms with Gasteiger partial charge in [-0.25, -0.2) is 4.98 Å². The first-order chi connectivity index (χ1) is 14.2. The lowest BCUT2D eigenvalue weighted by molar-refractivity contribution is 0.0945. The highest BCUT2D eigenvalue weighted by atomic mass is 16.5. The molecule has 2 N–H and O–H groups in total. The lowest BCUT2D eigenvalue weighted by Crippen LogP contribution is -2.26. The number of unbranched alkanes of at least 4 members (excludes halogenated alkanes) is 1. The number of imidazole rings is 1. The standard InChI is InChI=1S/C22H27N3O4/c1-3-4-12-25-18-10-9-16(22(27)23-11-13-26)14-17(18)24-21(25)15-29-20-8-6-5-7-19(20)28-2/h5-10,14,26H,3-4,11-13,15H2,1-2H3,(H,23,27). The normalized spacial score (nSPS) is 10.9. The summed E-state index contributed by atoms with van der Waals surface area (Å²) in [5.41, 5.74) is 2.23. The molecule has 1 heterocycles. The number of aromatic nitrogens is 2. The zero-order valence-corrected chi connectivity index (χ0v) is 16.9. The monoisotopic (exact) mass is 397 g/mol. The second-order valence-corrected chi connectivity index (χ2v) is 6.66. The van der Waals surface area contributed by atoms with E-state index in [9.17, 15) is 4.79 Å². The van der Waals surface area contributed by atoms with Crippen molar-refractivity contribution < 1.29 is 19.4 Å². The van der Waals surface area contributed by atoms with Gasteiger partial charge in [0.1, 0.15) is 12.4 Å². The summed E-state index contributed by atoms with van der Waals surface area (Å²) in [5, 5.41) is 11.6. The number of amides is 1. The fourth-order valence-electron chi connectivity index (χ4n) is 3.15. The van der Waals surface area contributed by atoms with Gasteiger partial charge in [-0.2, -0.15) is 0 Å². The number of aryl methyl sites for hydroxylation is 1. The predicted octanol–water partition coefficient (Wildman–Crippen LogP) is 3.15. The van der Waals surface area contributed by atoms with Crippen LogP contribution in [0.4, 0.5) is 0 Å². The Morgan fingerprint density at radius 3 is 2.72 bits per heavy atom. The van der Waals surface area contributed by atoms with Gasteiger partial charge in [-0.15, -0.1) is 0 Å². The Balaban J connectivity index is 1.89. The van der Waals surface area contributed by atoms with Crippen LogP contribution >= 0.6 is 0 Å². The van der Waals surface area contributed by atoms with Gasteiger partial charge in [-0.1, -0.05) is 25.5 Å². The minimum atomic E-state index is -0.226. The quantitative estimate of drug-likeness (QED) is 0.549. The van der Waals surface area contributed by atoms with Crippen molar-refractivity contribution in [3.8, 4) is 11.5 Å². The maximum atomic E-state index is 12.2. The molecule has 0 radical (unpaired) electrons. The Kier molecular flexibility index (Phi) is 7.08. The number of benzene rings is 2. The van der Waals surface area contributed by atoms with Gasteiger partial charge in [0.2, 0.25) is 0 Å². The third kappa shape index (κ3) is 4.86. The van der Waals surface area contributed by atoms with E-state index < -0.39 is 0 Å². The molecule has 0 spiro atoms. The lowest BCUT2D eigenvalue weighted by atomic mass is 10.2. The molecule has 1 aromatic heterocycles. The summed E-state index contributed by atoms with van der Waals surface area (Å²) in [6.45, 7) is 3.40. The summed E-state index contributed by atoms with van der Waals surface area (Å²) in [6.07, 6.45) is 2.08. The first kappa shape index (κ1) is 20.7. The molecule has 0 bridgehead atoms. The summed E-state index contributed by atoms with van der Waals surface area (Å²) in [6, 6.07) is 13.0. The smallest absolute Gasteiger partial charge is 0.251 e. The van der Waals surface area contributed by atoms with Gasteiger partial charge in [0.05, 0.1) is 24.8 Å². The molecule has 0 saturated carbocycles. The predicted molar refractivity (Wildman–Crippen MR) is 111 cm³/mol. The zero-order valence-electron chi connectivity index (χ0n) is 16.9. The zero-order chi connectivity index (χ0) is 20.6. The molecule has 0 aliphatic heterocycles. The number of nitrogens with zero attached hydrogens (tertiary/aromatic N) is 2. The van der Waals surface area contributed by atoms with Crippen molar-refractivity contribution in [1.29, 1.82) is 0 Å². The second-order valence-electron chi connectivity index (χ2n) is 6.66. The first-order valence-electron chi connectivity index (χ1n) is 9.82. The number of fused-ring (bicyclic) bond motifs is 1. The lowest BCUT2D eigenvalue weighted by Gasteiger charge is -2.12. The van der Waals surface area contributed by atoms with Crippen LogP contribution in [0, 0.1) is 0 Å². The fraction of sp³-hybridized carbons (Fsp3) is 0.364. The maximum Gasteiger partial charge on any atom is 0.251 e. The Labute approximate surface area is 170 Å². The van der Waals surface area contributed by atoms with Crippen molar-refractivity contribution in [3.05, 3.63) is 53.9 Å². The third-order valence-corrected chi connectivity index (χ3v) is 4.65. The van der Waals surface area contributed by atoms with Crippen molar-refractivity contribution in [1.82, 2.24) is 14.9 Å². The third-order valence-electron chi connectivity index (χ3n) is 4.65. The highest BCUT2D eigenvalue weighted by Gasteiger charge is 2.15. The Morgan fingerprint density at radius 1 is 1.21 bits per heavy atom. The molecule has 1 amide bonds. The van der Waals surface area contributed by atoms with E-state index in [1.807, 2.05) is 30.3 Å². The van der Waals surface area contributed by atoms with E-state index in [2.05, 4.69) is 16.8 Å². The molecule has 3 aromatic rings. The minimum Gasteiger partial charge on any atom is -0.493 e. The number of rotatable bonds is 10. The van der Waals surface area contributed by atoms with Crippen molar-refractivity contribution in [2.24, 2.45) is 0 Å². The van der Waals surface area contributed by atoms with Crippen molar-refractivity contribution >= 4 is 16.9 Å². The second kappa shape index (κ2) is 9.93. The number of ether oxygens (including phenoxy) is 2. The van der Waals surface area contributed by atoms with E-state index in [1.54, 1.807) is 19.2 Å². The van der Waals surface area contributed by atoms with E-state index in [-0.39, 0.29) is 19.1 Å². The molecule has 0 aliphatic rings. The van der Waals surface area contributed by atoms with Crippen LogP contribution in [-0.4, -0.2) is 40.8 Å². The maximum absolute atomic E-state index is 12.2. The van der Waals surface area contributed by atoms with Gasteiger partial charge in [0.15, 0.2) is 11.5 Å². The van der Waals surface area contributed by atoms with E-state index in [0.717, 1.165) is 36.2 Å². The highest BCUT2D eigenvalue weighted by molar-refractivity contribution is 5.97. The van der Waals surface area contributed by atoms with Gasteiger partial charge < -0.3 is 24.5 Å². The van der Waals surface area contributed by atoms with Crippen LogP contribution in [0.3, 0.4) is 0 Å². The molecule has 2 aromatic carbocycles. The molecule has 0 saturated heterocycles. The SMILES string of the molecule is CCCCn1c(COc2ccccc2OC)nc2cc(C(=O)NCCO)ccc21. The molecule has 7 nitrogen and oxygen atoms in total. The van der Waals surface area contributed by atoms with Gasteiger partial charge >= 0.3 is 0 Å². The number of hydrogen-bond donors (Lipinski definition) is 2. The number of hydrogen-bond acceptors (Lipinski definition) is 5. The molecular formula is C22H27N3O4. The topological polar surface area (TPSA) is 85.6 Å². The summed E-state index contributed by atoms with van der Waals surface area (Å²) >= 11 is 0. The van der Waals surface area contributed by atoms with Crippen molar-refractivity contribution in [3.63, 3.8) is 0 Å². The summed E-state index contributed by atoms with van der Waals surface area (Å²) in [5.74, 6) is 1.91. The van der Waals surface area contributed by atoms with E-state index >= 15 is 0 Å². The molecule has 0 unspecified atom stereocenters. The highest BCUT2D eigenvalue weighted by Crippen LogP contribution is 2.27. The Hall–Kier alpha value is -3.06. The number of methoxy groups -OCH3 is 1. The Morgan fingerprint density at radius 2 is 2.00 bits per heavy atom. The summed E-state index contributed by atoms with van der Waals surface area (Å²) in [7, 11) is 1.61. The fourth-order valence-corrected chi connectivity index (χ4v) is 3.15. The van der Waals surface area contributed by atoms with Crippen LogP contribution in [0.15, 0.2) is 42.5 Å². The van der Waals surface area contributed by atoms with Crippen LogP contribution in [0.2, 0.25) is 0 Å². The number of carbonyl (C=O) groups is 1. The van der Waals surface area contributed by atoms with Crippen LogP contribution in [0.1, 0.15) is 35.9 Å². The molecular weight excluding hydrogens is 370 g/mol. The first-order valence-corrected chi connectivity index (χ1v) is 9.82. The molecule has 0 fully saturated rings. The molecule has 3 rings (SSSR count). The van der Waals surface area contributed by atoms with Gasteiger partial charge in [-0.3, -0.25) is 4.79 Å². The average molecular weight is 397 g/mol. The van der Waals surface area contributed by atoms with E-state index in [0.29, 0.717) is 23.7 Å². The number of aliphatic hydroxyl groups is 1. The minimum absolute atomic E-state index is 0.0932. The van der Waals surface area contributed by atoms with Gasteiger partial charge in [0, 0.05) is 18.7 Å². The van der Waals surface area contributed by atoms with Gasteiger partial charge in [0.25, 0.3) is 5.91 Å². The Bertz CT molecular complexity index is 968. The number of carbonyl (C=O) groups excluding carboxylic acids is 1. The van der Waals surface area contributed by atoms with Gasteiger partial charge in [-0.05, 0) is 36.8 Å². The number of nitrogens with one attached hydrogen (secondary N) is 1. The van der Waals surface area contributed by atoms with Crippen LogP contribution < -0.4 is 14.8 Å². The summed E-state index contributed by atoms with van der Waals surface area (Å²) < 4.78 is 13.5. The number of para-hydroxylation sites is 2. The van der Waals surface area contributed by atoms with Crippen molar-refractivity contribution in [2.45, 2.75) is 32.9 Å². The average Bonchev–Trinajstić information content (AvgIpc) is 3.11. The van der Waals surface area contributed by atoms with E-state index in [1.165, 1.54) is 0 Å². The largest absolute Gasteiger partial charge is 0.493 e. The number of aliphatic hydroxyl groups excluding tert-OH is 1. The molecule has 7 heteroatoms. The molecule has 29 heavy (non-hydrogen) atoms. The molecule has 0 aliphatic carbocycles. The van der Waals surface area contributed by atoms with Crippen LogP contribution in [0.25, 0.3) is 11.0 Å². The molecule has 0 atom stereocenters. The van der Waals surface area contributed by atoms with E-state index in [4.69, 9.17) is 19.6 Å². The molecule has 154 valence electrons. The van der Waals surface area contributed by atoms with Crippen LogP contribution in [-0.2, 0) is 13.2 Å². The van der Waals surface area contributed by atoms with Crippen molar-refractivity contribution in [2.75, 3.05) is 20.3 Å². The summed E-state index contributed by atoms with van der Waals surface area (Å²) in [4.78, 5) is 16.9. The van der Waals surface area contributed by atoms with Crippen LogP contribution in [0.5, 0.6) is 11.5 Å².